The molecule has 0 spiro atoms. The van der Waals surface area contributed by atoms with Crippen LogP contribution in [0.2, 0.25) is 0 Å². The molecule has 10 nitrogen and oxygen atoms in total. The molecule has 5 rings (SSSR count). The predicted molar refractivity (Wildman–Crippen MR) is 128 cm³/mol. The molecule has 3 heterocycles. The van der Waals surface area contributed by atoms with Crippen LogP contribution in [0.5, 0.6) is 11.5 Å². The largest absolute Gasteiger partial charge is 0.510 e. The summed E-state index contributed by atoms with van der Waals surface area (Å²) in [6.45, 7) is -0.732. The van der Waals surface area contributed by atoms with Gasteiger partial charge in [-0.1, -0.05) is 18.2 Å². The van der Waals surface area contributed by atoms with Gasteiger partial charge in [0, 0.05) is 42.9 Å². The number of pyridine rings is 1. The first-order valence-electron chi connectivity index (χ1n) is 11.7. The maximum atomic E-state index is 15.3. The minimum absolute atomic E-state index is 0.00666. The maximum Gasteiger partial charge on any atom is 0.510 e. The molecule has 0 aliphatic carbocycles. The lowest BCUT2D eigenvalue weighted by atomic mass is 9.94. The number of fused-ring (bicyclic) bond motifs is 4. The number of ether oxygens (including phenoxy) is 4. The lowest BCUT2D eigenvalue weighted by Gasteiger charge is -2.50. The van der Waals surface area contributed by atoms with E-state index in [1.165, 1.54) is 41.0 Å². The number of carbonyl (C=O) groups is 2. The first kappa shape index (κ1) is 25.9. The number of rotatable bonds is 4. The van der Waals surface area contributed by atoms with Crippen molar-refractivity contribution in [1.82, 2.24) is 9.58 Å². The van der Waals surface area contributed by atoms with E-state index in [0.717, 1.165) is 25.3 Å². The molecular formula is C26H22F3N3O7. The van der Waals surface area contributed by atoms with E-state index in [0.29, 0.717) is 0 Å². The minimum atomic E-state index is -1.18. The molecule has 2 aliphatic heterocycles. The van der Waals surface area contributed by atoms with Crippen molar-refractivity contribution < 1.29 is 41.7 Å². The van der Waals surface area contributed by atoms with Crippen LogP contribution in [-0.2, 0) is 9.47 Å². The molecule has 0 saturated carbocycles. The van der Waals surface area contributed by atoms with Crippen LogP contribution >= 0.6 is 0 Å². The van der Waals surface area contributed by atoms with E-state index in [1.54, 1.807) is 11.1 Å². The van der Waals surface area contributed by atoms with Gasteiger partial charge in [-0.2, -0.15) is 0 Å². The fraction of sp³-hybridized carbons (Fsp3) is 0.269. The Kier molecular flexibility index (Phi) is 6.81. The van der Waals surface area contributed by atoms with Gasteiger partial charge in [-0.3, -0.25) is 19.3 Å². The van der Waals surface area contributed by atoms with Gasteiger partial charge in [-0.15, -0.1) is 0 Å². The van der Waals surface area contributed by atoms with Crippen molar-refractivity contribution in [3.63, 3.8) is 0 Å². The minimum Gasteiger partial charge on any atom is -0.493 e. The van der Waals surface area contributed by atoms with E-state index >= 15 is 4.39 Å². The van der Waals surface area contributed by atoms with Crippen molar-refractivity contribution in [3.8, 4) is 11.5 Å². The molecule has 1 amide bonds. The van der Waals surface area contributed by atoms with Crippen LogP contribution in [0.25, 0.3) is 0 Å². The monoisotopic (exact) mass is 545 g/mol. The summed E-state index contributed by atoms with van der Waals surface area (Å²) >= 11 is 0. The first-order valence-corrected chi connectivity index (χ1v) is 11.7. The molecule has 3 aromatic rings. The number of hydrogen-bond acceptors (Lipinski definition) is 8. The summed E-state index contributed by atoms with van der Waals surface area (Å²) in [6.07, 6.45) is -0.367. The Morgan fingerprint density at radius 3 is 2.54 bits per heavy atom. The normalized spacial score (nSPS) is 18.1. The SMILES string of the molecule is COC(=O)OCOc1c2n(ccc1=O)N1C(CCOc3cc(F)c(F)cc3[C@@H]1c1ccccc1F)N(C)C2=O. The quantitative estimate of drug-likeness (QED) is 0.364. The van der Waals surface area contributed by atoms with Gasteiger partial charge in [0.05, 0.1) is 13.7 Å². The summed E-state index contributed by atoms with van der Waals surface area (Å²) in [4.78, 5) is 39.0. The van der Waals surface area contributed by atoms with Crippen molar-refractivity contribution in [3.05, 3.63) is 93.2 Å². The molecule has 0 radical (unpaired) electrons. The van der Waals surface area contributed by atoms with Gasteiger partial charge in [-0.25, -0.2) is 18.0 Å². The van der Waals surface area contributed by atoms with E-state index < -0.39 is 59.7 Å². The second-order valence-electron chi connectivity index (χ2n) is 8.70. The fourth-order valence-corrected chi connectivity index (χ4v) is 4.78. The standard InChI is InChI=1S/C26H22F3N3O7/c1-30-21-8-10-37-20-12-18(29)17(28)11-15(20)22(14-5-3-4-6-16(14)27)32(21)31-9-7-19(33)24(23(31)25(30)34)38-13-39-26(35)36-2/h3-7,9,11-12,21-22H,8,10,13H2,1-2H3/t21?,22-/m0/s1. The fourth-order valence-electron chi connectivity index (χ4n) is 4.78. The van der Waals surface area contributed by atoms with Gasteiger partial charge >= 0.3 is 6.16 Å². The molecule has 0 fully saturated rings. The van der Waals surface area contributed by atoms with Gasteiger partial charge in [0.1, 0.15) is 23.8 Å². The van der Waals surface area contributed by atoms with Gasteiger partial charge in [0.2, 0.25) is 18.0 Å². The zero-order valence-electron chi connectivity index (χ0n) is 20.7. The molecule has 0 saturated heterocycles. The van der Waals surface area contributed by atoms with E-state index in [1.807, 2.05) is 0 Å². The highest BCUT2D eigenvalue weighted by Gasteiger charge is 2.44. The van der Waals surface area contributed by atoms with Gasteiger partial charge in [0.25, 0.3) is 5.91 Å². The van der Waals surface area contributed by atoms with Crippen molar-refractivity contribution in [2.24, 2.45) is 0 Å². The zero-order valence-corrected chi connectivity index (χ0v) is 20.7. The highest BCUT2D eigenvalue weighted by Crippen LogP contribution is 2.42. The summed E-state index contributed by atoms with van der Waals surface area (Å²) < 4.78 is 65.8. The average Bonchev–Trinajstić information content (AvgIpc) is 2.91. The third-order valence-corrected chi connectivity index (χ3v) is 6.55. The second-order valence-corrected chi connectivity index (χ2v) is 8.70. The lowest BCUT2D eigenvalue weighted by molar-refractivity contribution is 0.0131. The number of hydrogen-bond donors (Lipinski definition) is 0. The molecular weight excluding hydrogens is 523 g/mol. The number of nitrogens with zero attached hydrogens (tertiary/aromatic N) is 3. The first-order chi connectivity index (χ1) is 18.7. The van der Waals surface area contributed by atoms with Gasteiger partial charge in [-0.05, 0) is 12.1 Å². The maximum absolute atomic E-state index is 15.3. The number of carbonyl (C=O) groups excluding carboxylic acids is 2. The molecule has 0 bridgehead atoms. The Labute approximate surface area is 219 Å². The Morgan fingerprint density at radius 2 is 1.79 bits per heavy atom. The number of methoxy groups -OCH3 is 1. The van der Waals surface area contributed by atoms with Crippen molar-refractivity contribution in [1.29, 1.82) is 0 Å². The molecule has 204 valence electrons. The third-order valence-electron chi connectivity index (χ3n) is 6.55. The van der Waals surface area contributed by atoms with Crippen molar-refractivity contribution >= 4 is 12.1 Å². The van der Waals surface area contributed by atoms with Crippen LogP contribution in [-0.4, -0.2) is 55.4 Å². The van der Waals surface area contributed by atoms with E-state index in [2.05, 4.69) is 4.74 Å². The van der Waals surface area contributed by atoms with E-state index in [-0.39, 0.29) is 35.6 Å². The summed E-state index contributed by atoms with van der Waals surface area (Å²) in [6, 6.07) is 7.52. The van der Waals surface area contributed by atoms with Crippen molar-refractivity contribution in [2.45, 2.75) is 18.6 Å². The lowest BCUT2D eigenvalue weighted by Crippen LogP contribution is -2.62. The van der Waals surface area contributed by atoms with Crippen LogP contribution < -0.4 is 19.9 Å². The highest BCUT2D eigenvalue weighted by molar-refractivity contribution is 5.96. The number of benzene rings is 2. The number of halogens is 3. The second kappa shape index (κ2) is 10.2. The molecule has 39 heavy (non-hydrogen) atoms. The Balaban J connectivity index is 1.75. The van der Waals surface area contributed by atoms with Crippen molar-refractivity contribution in [2.75, 3.05) is 32.6 Å². The van der Waals surface area contributed by atoms with Crippen LogP contribution in [0.1, 0.15) is 34.1 Å². The summed E-state index contributed by atoms with van der Waals surface area (Å²) in [5.41, 5.74) is -0.778. The van der Waals surface area contributed by atoms with Crippen LogP contribution in [0.4, 0.5) is 18.0 Å². The van der Waals surface area contributed by atoms with Gasteiger partial charge < -0.3 is 23.8 Å². The van der Waals surface area contributed by atoms with Crippen LogP contribution in [0.15, 0.2) is 53.5 Å². The topological polar surface area (TPSA) is 99.5 Å². The van der Waals surface area contributed by atoms with Crippen LogP contribution in [0.3, 0.4) is 0 Å². The highest BCUT2D eigenvalue weighted by atomic mass is 19.2. The molecule has 13 heteroatoms. The number of amides is 1. The average molecular weight is 545 g/mol. The smallest absolute Gasteiger partial charge is 0.493 e. The molecule has 1 aromatic heterocycles. The number of aromatic nitrogens is 1. The Bertz CT molecular complexity index is 1510. The molecule has 2 aliphatic rings. The van der Waals surface area contributed by atoms with E-state index in [4.69, 9.17) is 14.2 Å². The molecule has 1 unspecified atom stereocenters. The summed E-state index contributed by atoms with van der Waals surface area (Å²) in [5, 5.41) is 1.57. The summed E-state index contributed by atoms with van der Waals surface area (Å²) in [5.74, 6) is -4.04. The van der Waals surface area contributed by atoms with Gasteiger partial charge in [0.15, 0.2) is 17.3 Å². The summed E-state index contributed by atoms with van der Waals surface area (Å²) in [7, 11) is 2.56. The predicted octanol–water partition coefficient (Wildman–Crippen LogP) is 3.31. The molecule has 2 atom stereocenters. The zero-order chi connectivity index (χ0) is 27.8. The Hall–Kier alpha value is -4.68. The third kappa shape index (κ3) is 4.49. The van der Waals surface area contributed by atoms with E-state index in [9.17, 15) is 23.2 Å². The Morgan fingerprint density at radius 1 is 1.05 bits per heavy atom. The van der Waals surface area contributed by atoms with Crippen LogP contribution in [0, 0.1) is 17.5 Å². The molecule has 0 N–H and O–H groups in total. The molecule has 2 aromatic carbocycles.